The Bertz CT molecular complexity index is 625. The number of benzene rings is 2. The number of para-hydroxylation sites is 1. The summed E-state index contributed by atoms with van der Waals surface area (Å²) in [6.45, 7) is 3.00. The van der Waals surface area contributed by atoms with E-state index in [1.54, 1.807) is 0 Å². The number of unbranched alkanes of at least 4 members (excludes halogenated alkanes) is 5. The van der Waals surface area contributed by atoms with E-state index >= 15 is 0 Å². The molecule has 0 saturated carbocycles. The molecular formula is C21H25NO. The number of nitrogens with zero attached hydrogens (tertiary/aromatic N) is 1. The number of nitriles is 1. The van der Waals surface area contributed by atoms with Gasteiger partial charge in [0.1, 0.15) is 5.75 Å². The first-order chi connectivity index (χ1) is 11.3. The molecule has 2 nitrogen and oxygen atoms in total. The fourth-order valence-electron chi connectivity index (χ4n) is 2.62. The van der Waals surface area contributed by atoms with Gasteiger partial charge in [-0.3, -0.25) is 0 Å². The van der Waals surface area contributed by atoms with Gasteiger partial charge in [-0.2, -0.15) is 5.26 Å². The van der Waals surface area contributed by atoms with Gasteiger partial charge in [0.2, 0.25) is 0 Å². The van der Waals surface area contributed by atoms with Crippen LogP contribution in [0.2, 0.25) is 0 Å². The summed E-state index contributed by atoms with van der Waals surface area (Å²) < 4.78 is 5.99. The van der Waals surface area contributed by atoms with E-state index in [4.69, 9.17) is 10.00 Å². The number of hydrogen-bond acceptors (Lipinski definition) is 2. The fourth-order valence-corrected chi connectivity index (χ4v) is 2.62. The van der Waals surface area contributed by atoms with E-state index in [0.717, 1.165) is 29.9 Å². The third-order valence-corrected chi connectivity index (χ3v) is 3.97. The number of hydrogen-bond donors (Lipinski definition) is 0. The van der Waals surface area contributed by atoms with Crippen LogP contribution in [0.25, 0.3) is 11.1 Å². The SMILES string of the molecule is CCCCCCCCOc1ccccc1-c1ccc(C#N)cc1. The van der Waals surface area contributed by atoms with Crippen molar-refractivity contribution in [1.82, 2.24) is 0 Å². The zero-order chi connectivity index (χ0) is 16.3. The molecule has 2 heteroatoms. The molecule has 0 amide bonds. The molecular weight excluding hydrogens is 282 g/mol. The van der Waals surface area contributed by atoms with Crippen molar-refractivity contribution < 1.29 is 4.74 Å². The Morgan fingerprint density at radius 2 is 1.57 bits per heavy atom. The van der Waals surface area contributed by atoms with Crippen molar-refractivity contribution >= 4 is 0 Å². The Kier molecular flexibility index (Phi) is 7.20. The third kappa shape index (κ3) is 5.45. The molecule has 0 bridgehead atoms. The van der Waals surface area contributed by atoms with Crippen LogP contribution in [0.1, 0.15) is 51.0 Å². The first-order valence-electron chi connectivity index (χ1n) is 8.57. The van der Waals surface area contributed by atoms with Crippen LogP contribution in [-0.2, 0) is 0 Å². The molecule has 0 spiro atoms. The van der Waals surface area contributed by atoms with Gasteiger partial charge in [-0.1, -0.05) is 69.4 Å². The molecule has 0 fully saturated rings. The molecule has 23 heavy (non-hydrogen) atoms. The largest absolute Gasteiger partial charge is 0.493 e. The van der Waals surface area contributed by atoms with Crippen LogP contribution in [0.5, 0.6) is 5.75 Å². The van der Waals surface area contributed by atoms with Crippen molar-refractivity contribution in [2.75, 3.05) is 6.61 Å². The molecule has 120 valence electrons. The highest BCUT2D eigenvalue weighted by Crippen LogP contribution is 2.30. The predicted octanol–water partition coefficient (Wildman–Crippen LogP) is 5.96. The maximum Gasteiger partial charge on any atom is 0.127 e. The normalized spacial score (nSPS) is 10.3. The van der Waals surface area contributed by atoms with Crippen LogP contribution in [0.3, 0.4) is 0 Å². The maximum absolute atomic E-state index is 8.90. The summed E-state index contributed by atoms with van der Waals surface area (Å²) in [5.41, 5.74) is 2.85. The number of rotatable bonds is 9. The van der Waals surface area contributed by atoms with Gasteiger partial charge >= 0.3 is 0 Å². The number of ether oxygens (including phenoxy) is 1. The van der Waals surface area contributed by atoms with Gasteiger partial charge in [-0.25, -0.2) is 0 Å². The van der Waals surface area contributed by atoms with Crippen LogP contribution >= 0.6 is 0 Å². The molecule has 0 aliphatic heterocycles. The smallest absolute Gasteiger partial charge is 0.127 e. The minimum Gasteiger partial charge on any atom is -0.493 e. The average molecular weight is 307 g/mol. The average Bonchev–Trinajstić information content (AvgIpc) is 2.61. The molecule has 2 aromatic carbocycles. The highest BCUT2D eigenvalue weighted by molar-refractivity contribution is 5.70. The molecule has 0 aromatic heterocycles. The Balaban J connectivity index is 1.91. The van der Waals surface area contributed by atoms with E-state index in [9.17, 15) is 0 Å². The lowest BCUT2D eigenvalue weighted by molar-refractivity contribution is 0.305. The Hall–Kier alpha value is -2.27. The molecule has 0 saturated heterocycles. The lowest BCUT2D eigenvalue weighted by Gasteiger charge is -2.11. The van der Waals surface area contributed by atoms with Crippen molar-refractivity contribution in [2.45, 2.75) is 45.4 Å². The highest BCUT2D eigenvalue weighted by Gasteiger charge is 2.05. The van der Waals surface area contributed by atoms with Gasteiger partial charge in [0, 0.05) is 5.56 Å². The molecule has 0 N–H and O–H groups in total. The van der Waals surface area contributed by atoms with E-state index in [1.165, 1.54) is 32.1 Å². The minimum absolute atomic E-state index is 0.680. The molecule has 0 unspecified atom stereocenters. The van der Waals surface area contributed by atoms with Crippen molar-refractivity contribution in [2.24, 2.45) is 0 Å². The second-order valence-electron chi connectivity index (χ2n) is 5.80. The molecule has 0 aliphatic carbocycles. The maximum atomic E-state index is 8.90. The first-order valence-corrected chi connectivity index (χ1v) is 8.57. The van der Waals surface area contributed by atoms with Crippen LogP contribution in [0.15, 0.2) is 48.5 Å². The van der Waals surface area contributed by atoms with Gasteiger partial charge in [0.05, 0.1) is 18.2 Å². The lowest BCUT2D eigenvalue weighted by Crippen LogP contribution is -1.98. The molecule has 0 heterocycles. The van der Waals surface area contributed by atoms with E-state index in [-0.39, 0.29) is 0 Å². The van der Waals surface area contributed by atoms with E-state index in [1.807, 2.05) is 42.5 Å². The summed E-state index contributed by atoms with van der Waals surface area (Å²) in [6, 6.07) is 17.9. The van der Waals surface area contributed by atoms with Crippen LogP contribution in [0, 0.1) is 11.3 Å². The van der Waals surface area contributed by atoms with E-state index in [2.05, 4.69) is 19.1 Å². The quantitative estimate of drug-likeness (QED) is 0.535. The summed E-state index contributed by atoms with van der Waals surface area (Å²) in [6.07, 6.45) is 7.59. The molecule has 2 aromatic rings. The molecule has 2 rings (SSSR count). The van der Waals surface area contributed by atoms with Crippen molar-refractivity contribution in [3.8, 4) is 22.9 Å². The monoisotopic (exact) mass is 307 g/mol. The summed E-state index contributed by atoms with van der Waals surface area (Å²) >= 11 is 0. The predicted molar refractivity (Wildman–Crippen MR) is 95.5 cm³/mol. The molecule has 0 atom stereocenters. The zero-order valence-corrected chi connectivity index (χ0v) is 13.9. The van der Waals surface area contributed by atoms with E-state index in [0.29, 0.717) is 5.56 Å². The summed E-state index contributed by atoms with van der Waals surface area (Å²) in [5.74, 6) is 0.922. The highest BCUT2D eigenvalue weighted by atomic mass is 16.5. The minimum atomic E-state index is 0.680. The standard InChI is InChI=1S/C21H25NO/c1-2-3-4-5-6-9-16-23-21-11-8-7-10-20(21)19-14-12-18(17-22)13-15-19/h7-8,10-15H,2-6,9,16H2,1H3. The van der Waals surface area contributed by atoms with Crippen LogP contribution in [-0.4, -0.2) is 6.61 Å². The second-order valence-corrected chi connectivity index (χ2v) is 5.80. The Labute approximate surface area is 139 Å². The third-order valence-electron chi connectivity index (χ3n) is 3.97. The zero-order valence-electron chi connectivity index (χ0n) is 13.9. The first kappa shape index (κ1) is 17.1. The topological polar surface area (TPSA) is 33.0 Å². The van der Waals surface area contributed by atoms with Crippen LogP contribution in [0.4, 0.5) is 0 Å². The van der Waals surface area contributed by atoms with E-state index < -0.39 is 0 Å². The van der Waals surface area contributed by atoms with Gasteiger partial charge in [-0.05, 0) is 30.2 Å². The van der Waals surface area contributed by atoms with Gasteiger partial charge in [0.15, 0.2) is 0 Å². The molecule has 0 aliphatic rings. The van der Waals surface area contributed by atoms with Crippen molar-refractivity contribution in [1.29, 1.82) is 5.26 Å². The summed E-state index contributed by atoms with van der Waals surface area (Å²) in [4.78, 5) is 0. The van der Waals surface area contributed by atoms with Gasteiger partial charge in [-0.15, -0.1) is 0 Å². The lowest BCUT2D eigenvalue weighted by atomic mass is 10.0. The second kappa shape index (κ2) is 9.69. The van der Waals surface area contributed by atoms with Crippen LogP contribution < -0.4 is 4.74 Å². The Morgan fingerprint density at radius 1 is 0.870 bits per heavy atom. The fraction of sp³-hybridized carbons (Fsp3) is 0.381. The van der Waals surface area contributed by atoms with Gasteiger partial charge in [0.25, 0.3) is 0 Å². The summed E-state index contributed by atoms with van der Waals surface area (Å²) in [5, 5.41) is 8.90. The molecule has 0 radical (unpaired) electrons. The van der Waals surface area contributed by atoms with Gasteiger partial charge < -0.3 is 4.74 Å². The van der Waals surface area contributed by atoms with Crippen molar-refractivity contribution in [3.05, 3.63) is 54.1 Å². The van der Waals surface area contributed by atoms with Crippen molar-refractivity contribution in [3.63, 3.8) is 0 Å². The Morgan fingerprint density at radius 3 is 2.30 bits per heavy atom. The summed E-state index contributed by atoms with van der Waals surface area (Å²) in [7, 11) is 0.